The molecule has 1 aromatic heterocycles. The van der Waals surface area contributed by atoms with E-state index >= 15 is 0 Å². The number of carboxylic acids is 1. The molecule has 2 atom stereocenters. The summed E-state index contributed by atoms with van der Waals surface area (Å²) in [7, 11) is 0. The first-order valence-electron chi connectivity index (χ1n) is 13.0. The topological polar surface area (TPSA) is 128 Å². The first-order chi connectivity index (χ1) is 19.5. The smallest absolute Gasteiger partial charge is 0.475 e. The number of alkyl halides is 3. The van der Waals surface area contributed by atoms with Crippen LogP contribution < -0.4 is 15.7 Å². The van der Waals surface area contributed by atoms with Crippen molar-refractivity contribution in [1.29, 1.82) is 0 Å². The van der Waals surface area contributed by atoms with E-state index in [0.29, 0.717) is 23.8 Å². The SMILES string of the molecule is O=C(NO)c1cnc(N2CCC(CNC3CC3c3ccc(-c4ccc(F)cc4)cc3)CC2)nc1.O=C(O)C(F)(F)F. The minimum atomic E-state index is -5.08. The number of amides is 1. The van der Waals surface area contributed by atoms with E-state index < -0.39 is 18.1 Å². The van der Waals surface area contributed by atoms with Crippen LogP contribution >= 0.6 is 0 Å². The number of benzene rings is 2. The third-order valence-electron chi connectivity index (χ3n) is 7.12. The molecule has 0 bridgehead atoms. The summed E-state index contributed by atoms with van der Waals surface area (Å²) in [5.74, 6) is -1.78. The monoisotopic (exact) mass is 575 g/mol. The number of hydrogen-bond acceptors (Lipinski definition) is 7. The van der Waals surface area contributed by atoms with E-state index in [2.05, 4.69) is 44.5 Å². The number of hydroxylamine groups is 1. The van der Waals surface area contributed by atoms with Gasteiger partial charge in [0.1, 0.15) is 5.82 Å². The molecule has 2 aromatic carbocycles. The fourth-order valence-corrected chi connectivity index (χ4v) is 4.68. The fraction of sp³-hybridized carbons (Fsp3) is 0.357. The van der Waals surface area contributed by atoms with Crippen molar-refractivity contribution < 1.29 is 37.5 Å². The van der Waals surface area contributed by atoms with Gasteiger partial charge in [-0.05, 0) is 60.5 Å². The summed E-state index contributed by atoms with van der Waals surface area (Å²) in [6, 6.07) is 15.8. The van der Waals surface area contributed by atoms with Crippen LogP contribution in [0, 0.1) is 11.7 Å². The fourth-order valence-electron chi connectivity index (χ4n) is 4.68. The van der Waals surface area contributed by atoms with Crippen LogP contribution in [-0.2, 0) is 4.79 Å². The highest BCUT2D eigenvalue weighted by Gasteiger charge is 2.39. The van der Waals surface area contributed by atoms with E-state index in [1.54, 1.807) is 5.48 Å². The molecule has 1 aliphatic carbocycles. The molecule has 9 nitrogen and oxygen atoms in total. The van der Waals surface area contributed by atoms with Gasteiger partial charge in [-0.3, -0.25) is 10.0 Å². The number of hydrogen-bond donors (Lipinski definition) is 4. The Labute approximate surface area is 233 Å². The van der Waals surface area contributed by atoms with Gasteiger partial charge in [0.25, 0.3) is 5.91 Å². The van der Waals surface area contributed by atoms with Crippen molar-refractivity contribution in [1.82, 2.24) is 20.8 Å². The van der Waals surface area contributed by atoms with E-state index in [9.17, 15) is 22.4 Å². The van der Waals surface area contributed by atoms with Gasteiger partial charge < -0.3 is 15.3 Å². The number of nitrogens with zero attached hydrogens (tertiary/aromatic N) is 3. The molecule has 2 aliphatic rings. The molecule has 218 valence electrons. The molecule has 4 N–H and O–H groups in total. The number of rotatable bonds is 7. The van der Waals surface area contributed by atoms with Gasteiger partial charge in [0.05, 0.1) is 5.56 Å². The first-order valence-corrected chi connectivity index (χ1v) is 13.0. The Morgan fingerprint density at radius 3 is 2.00 bits per heavy atom. The number of nitrogens with one attached hydrogen (secondary N) is 2. The molecule has 1 saturated carbocycles. The zero-order chi connectivity index (χ0) is 29.6. The number of anilines is 1. The number of aromatic nitrogens is 2. The lowest BCUT2D eigenvalue weighted by Crippen LogP contribution is -2.38. The Bertz CT molecular complexity index is 1310. The summed E-state index contributed by atoms with van der Waals surface area (Å²) in [6.45, 7) is 2.78. The van der Waals surface area contributed by atoms with Crippen LogP contribution in [0.15, 0.2) is 60.9 Å². The Kier molecular flexibility index (Phi) is 9.50. The maximum atomic E-state index is 13.1. The number of carbonyl (C=O) groups excluding carboxylic acids is 1. The minimum Gasteiger partial charge on any atom is -0.475 e. The van der Waals surface area contributed by atoms with E-state index in [-0.39, 0.29) is 11.4 Å². The van der Waals surface area contributed by atoms with Crippen LogP contribution in [0.4, 0.5) is 23.5 Å². The van der Waals surface area contributed by atoms with Crippen molar-refractivity contribution >= 4 is 17.8 Å². The van der Waals surface area contributed by atoms with E-state index in [1.807, 2.05) is 12.1 Å². The molecule has 2 heterocycles. The van der Waals surface area contributed by atoms with Crippen molar-refractivity contribution in [3.05, 3.63) is 77.9 Å². The van der Waals surface area contributed by atoms with Crippen LogP contribution in [-0.4, -0.2) is 64.0 Å². The predicted molar refractivity (Wildman–Crippen MR) is 141 cm³/mol. The molecule has 1 aliphatic heterocycles. The molecule has 5 rings (SSSR count). The second-order valence-corrected chi connectivity index (χ2v) is 9.93. The van der Waals surface area contributed by atoms with Gasteiger partial charge in [0, 0.05) is 37.4 Å². The van der Waals surface area contributed by atoms with E-state index in [4.69, 9.17) is 15.1 Å². The third-order valence-corrected chi connectivity index (χ3v) is 7.12. The summed E-state index contributed by atoms with van der Waals surface area (Å²) in [5.41, 5.74) is 5.31. The summed E-state index contributed by atoms with van der Waals surface area (Å²) >= 11 is 0. The molecule has 2 fully saturated rings. The van der Waals surface area contributed by atoms with Gasteiger partial charge in [0.15, 0.2) is 0 Å². The molecule has 1 amide bonds. The molecular weight excluding hydrogens is 546 g/mol. The van der Waals surface area contributed by atoms with Crippen LogP contribution in [0.1, 0.15) is 41.1 Å². The van der Waals surface area contributed by atoms with Crippen LogP contribution in [0.25, 0.3) is 11.1 Å². The lowest BCUT2D eigenvalue weighted by Gasteiger charge is -2.32. The summed E-state index contributed by atoms with van der Waals surface area (Å²) in [4.78, 5) is 31.0. The first kappa shape index (κ1) is 29.9. The number of halogens is 4. The predicted octanol–water partition coefficient (Wildman–Crippen LogP) is 4.40. The highest BCUT2D eigenvalue weighted by Crippen LogP contribution is 2.41. The molecule has 2 unspecified atom stereocenters. The third kappa shape index (κ3) is 8.21. The quantitative estimate of drug-likeness (QED) is 0.186. The Balaban J connectivity index is 0.000000493. The largest absolute Gasteiger partial charge is 0.490 e. The van der Waals surface area contributed by atoms with Crippen LogP contribution in [0.5, 0.6) is 0 Å². The van der Waals surface area contributed by atoms with E-state index in [0.717, 1.165) is 50.0 Å². The lowest BCUT2D eigenvalue weighted by molar-refractivity contribution is -0.192. The van der Waals surface area contributed by atoms with Crippen molar-refractivity contribution in [2.75, 3.05) is 24.5 Å². The Morgan fingerprint density at radius 2 is 1.49 bits per heavy atom. The maximum absolute atomic E-state index is 13.1. The minimum absolute atomic E-state index is 0.213. The van der Waals surface area contributed by atoms with Crippen LogP contribution in [0.2, 0.25) is 0 Å². The van der Waals surface area contributed by atoms with Gasteiger partial charge in [-0.1, -0.05) is 36.4 Å². The van der Waals surface area contributed by atoms with Crippen molar-refractivity contribution in [2.45, 2.75) is 37.4 Å². The zero-order valence-corrected chi connectivity index (χ0v) is 21.8. The normalized spacial score (nSPS) is 18.7. The molecule has 3 aromatic rings. The number of aliphatic carboxylic acids is 1. The number of carboxylic acid groups (broad SMARTS) is 1. The average Bonchev–Trinajstić information content (AvgIpc) is 3.76. The van der Waals surface area contributed by atoms with Gasteiger partial charge in [-0.15, -0.1) is 0 Å². The molecule has 0 spiro atoms. The highest BCUT2D eigenvalue weighted by molar-refractivity contribution is 5.92. The average molecular weight is 576 g/mol. The summed E-state index contributed by atoms with van der Waals surface area (Å²) in [5, 5.41) is 19.6. The maximum Gasteiger partial charge on any atom is 0.490 e. The zero-order valence-electron chi connectivity index (χ0n) is 21.8. The second kappa shape index (κ2) is 13.0. The molecule has 0 radical (unpaired) electrons. The van der Waals surface area contributed by atoms with Crippen molar-refractivity contribution in [3.8, 4) is 11.1 Å². The molecule has 1 saturated heterocycles. The summed E-state index contributed by atoms with van der Waals surface area (Å²) < 4.78 is 44.9. The van der Waals surface area contributed by atoms with Gasteiger partial charge >= 0.3 is 12.1 Å². The summed E-state index contributed by atoms with van der Waals surface area (Å²) in [6.07, 6.45) is 1.08. The van der Waals surface area contributed by atoms with Crippen molar-refractivity contribution in [3.63, 3.8) is 0 Å². The lowest BCUT2D eigenvalue weighted by atomic mass is 9.97. The van der Waals surface area contributed by atoms with Gasteiger partial charge in [-0.25, -0.2) is 24.6 Å². The Hall–Kier alpha value is -4.10. The highest BCUT2D eigenvalue weighted by atomic mass is 19.4. The van der Waals surface area contributed by atoms with Crippen molar-refractivity contribution in [2.24, 2.45) is 5.92 Å². The standard InChI is InChI=1S/C26H28FN5O2.C2HF3O2/c27-22-7-5-19(6-8-22)18-1-3-20(4-2-18)23-13-24(23)28-14-17-9-11-32(12-10-17)26-29-15-21(16-30-26)25(33)31-34;3-2(4,5)1(6)7/h1-8,15-17,23-24,28,34H,9-14H2,(H,31,33);(H,6,7). The number of carbonyl (C=O) groups is 2. The molecule has 41 heavy (non-hydrogen) atoms. The number of piperidine rings is 1. The Morgan fingerprint density at radius 1 is 0.951 bits per heavy atom. The van der Waals surface area contributed by atoms with E-state index in [1.165, 1.54) is 30.1 Å². The van der Waals surface area contributed by atoms with Gasteiger partial charge in [-0.2, -0.15) is 13.2 Å². The second-order valence-electron chi connectivity index (χ2n) is 9.93. The van der Waals surface area contributed by atoms with Crippen LogP contribution in [0.3, 0.4) is 0 Å². The molecular formula is C28H29F4N5O4. The molecule has 13 heteroatoms. The van der Waals surface area contributed by atoms with Gasteiger partial charge in [0.2, 0.25) is 5.95 Å².